The molecule has 2 bridgehead atoms. The molecule has 8 nitrogen and oxygen atoms in total. The first-order valence-corrected chi connectivity index (χ1v) is 13.4. The van der Waals surface area contributed by atoms with Gasteiger partial charge in [0, 0.05) is 24.7 Å². The third kappa shape index (κ3) is 7.06. The van der Waals surface area contributed by atoms with E-state index in [4.69, 9.17) is 18.9 Å². The molecule has 0 spiro atoms. The predicted octanol–water partition coefficient (Wildman–Crippen LogP) is 3.56. The third-order valence-electron chi connectivity index (χ3n) is 7.35. The van der Waals surface area contributed by atoms with Gasteiger partial charge >= 0.3 is 11.9 Å². The fourth-order valence-corrected chi connectivity index (χ4v) is 5.26. The molecule has 0 radical (unpaired) electrons. The third-order valence-corrected chi connectivity index (χ3v) is 7.35. The summed E-state index contributed by atoms with van der Waals surface area (Å²) in [5.41, 5.74) is -0.296. The lowest BCUT2D eigenvalue weighted by Gasteiger charge is -2.40. The van der Waals surface area contributed by atoms with Gasteiger partial charge in [0.15, 0.2) is 0 Å². The summed E-state index contributed by atoms with van der Waals surface area (Å²) in [5.74, 6) is -1.53. The van der Waals surface area contributed by atoms with Gasteiger partial charge in [-0.2, -0.15) is 0 Å². The zero-order chi connectivity index (χ0) is 26.0. The van der Waals surface area contributed by atoms with E-state index in [-0.39, 0.29) is 31.8 Å². The molecule has 6 atom stereocenters. The standard InChI is InChI=1S/C28H42O8/c1-3-5-8-14-23(29)34-17-21-22(18-35-24(30)15-9-6-4-2)28(27(32)25(31)26(21)36-28)19-33-16-20-12-10-7-11-13-20/h7,10-13,21-22,25-27,31-32H,3-6,8-9,14-19H2,1-2H3/t21-,22+,25-,26-,27-,28+/m1/s1. The van der Waals surface area contributed by atoms with Crippen LogP contribution in [-0.2, 0) is 35.1 Å². The van der Waals surface area contributed by atoms with E-state index in [9.17, 15) is 19.8 Å². The number of rotatable bonds is 16. The normalized spacial score (nSPS) is 28.8. The molecule has 202 valence electrons. The highest BCUT2D eigenvalue weighted by molar-refractivity contribution is 5.69. The summed E-state index contributed by atoms with van der Waals surface area (Å²) in [7, 11) is 0. The Bertz CT molecular complexity index is 815. The molecule has 0 aliphatic carbocycles. The largest absolute Gasteiger partial charge is 0.465 e. The number of hydrogen-bond donors (Lipinski definition) is 2. The van der Waals surface area contributed by atoms with Crippen molar-refractivity contribution in [2.75, 3.05) is 19.8 Å². The van der Waals surface area contributed by atoms with Gasteiger partial charge in [-0.15, -0.1) is 0 Å². The minimum absolute atomic E-state index is 0.00200. The van der Waals surface area contributed by atoms with Gasteiger partial charge in [0.1, 0.15) is 17.8 Å². The van der Waals surface area contributed by atoms with Crippen LogP contribution >= 0.6 is 0 Å². The molecule has 0 aromatic heterocycles. The van der Waals surface area contributed by atoms with Crippen molar-refractivity contribution in [3.63, 3.8) is 0 Å². The van der Waals surface area contributed by atoms with Crippen LogP contribution in [0.5, 0.6) is 0 Å². The molecule has 1 aromatic carbocycles. The van der Waals surface area contributed by atoms with Crippen molar-refractivity contribution < 1.29 is 38.7 Å². The van der Waals surface area contributed by atoms with Crippen LogP contribution in [0.4, 0.5) is 0 Å². The van der Waals surface area contributed by atoms with Crippen LogP contribution in [-0.4, -0.2) is 65.9 Å². The number of aliphatic hydroxyl groups is 2. The molecule has 2 aliphatic rings. The maximum atomic E-state index is 12.4. The van der Waals surface area contributed by atoms with E-state index in [1.54, 1.807) is 0 Å². The zero-order valence-corrected chi connectivity index (χ0v) is 21.6. The molecule has 2 fully saturated rings. The molecule has 36 heavy (non-hydrogen) atoms. The molecule has 0 amide bonds. The predicted molar refractivity (Wildman–Crippen MR) is 133 cm³/mol. The van der Waals surface area contributed by atoms with Gasteiger partial charge in [0.05, 0.1) is 32.5 Å². The maximum Gasteiger partial charge on any atom is 0.305 e. The summed E-state index contributed by atoms with van der Waals surface area (Å²) in [4.78, 5) is 24.6. The lowest BCUT2D eigenvalue weighted by molar-refractivity contribution is -0.162. The zero-order valence-electron chi connectivity index (χ0n) is 21.6. The van der Waals surface area contributed by atoms with Crippen molar-refractivity contribution in [1.82, 2.24) is 0 Å². The van der Waals surface area contributed by atoms with Crippen LogP contribution in [0.15, 0.2) is 30.3 Å². The van der Waals surface area contributed by atoms with Gasteiger partial charge in [-0.3, -0.25) is 9.59 Å². The highest BCUT2D eigenvalue weighted by atomic mass is 16.6. The molecular formula is C28H42O8. The van der Waals surface area contributed by atoms with E-state index < -0.39 is 35.7 Å². The van der Waals surface area contributed by atoms with Gasteiger partial charge in [0.25, 0.3) is 0 Å². The van der Waals surface area contributed by atoms with Crippen LogP contribution < -0.4 is 0 Å². The van der Waals surface area contributed by atoms with Crippen molar-refractivity contribution in [3.8, 4) is 0 Å². The summed E-state index contributed by atoms with van der Waals surface area (Å²) in [6, 6.07) is 9.62. The number of carbonyl (C=O) groups is 2. The molecule has 0 unspecified atom stereocenters. The van der Waals surface area contributed by atoms with Crippen molar-refractivity contribution in [2.24, 2.45) is 11.8 Å². The molecule has 0 saturated carbocycles. The van der Waals surface area contributed by atoms with Crippen LogP contribution in [0, 0.1) is 11.8 Å². The van der Waals surface area contributed by atoms with E-state index in [1.807, 2.05) is 30.3 Å². The summed E-state index contributed by atoms with van der Waals surface area (Å²) in [6.07, 6.45) is 2.98. The smallest absolute Gasteiger partial charge is 0.305 e. The van der Waals surface area contributed by atoms with Crippen LogP contribution in [0.2, 0.25) is 0 Å². The van der Waals surface area contributed by atoms with Gasteiger partial charge in [-0.05, 0) is 18.4 Å². The number of fused-ring (bicyclic) bond motifs is 2. The molecule has 2 heterocycles. The SMILES string of the molecule is CCCCCC(=O)OC[C@H]1[C@H]2O[C@](COCc3ccccc3)([C@H](O)[C@@H]2O)[C@H]1COC(=O)CCCCC. The fraction of sp³-hybridized carbons (Fsp3) is 0.714. The van der Waals surface area contributed by atoms with E-state index in [0.29, 0.717) is 19.4 Å². The van der Waals surface area contributed by atoms with Gasteiger partial charge in [0.2, 0.25) is 0 Å². The quantitative estimate of drug-likeness (QED) is 0.259. The van der Waals surface area contributed by atoms with E-state index in [0.717, 1.165) is 44.1 Å². The summed E-state index contributed by atoms with van der Waals surface area (Å²) < 4.78 is 23.3. The summed E-state index contributed by atoms with van der Waals surface area (Å²) >= 11 is 0. The number of aliphatic hydroxyl groups excluding tert-OH is 2. The van der Waals surface area contributed by atoms with Gasteiger partial charge < -0.3 is 29.2 Å². The summed E-state index contributed by atoms with van der Waals surface area (Å²) in [6.45, 7) is 4.47. The van der Waals surface area contributed by atoms with Crippen LogP contribution in [0.3, 0.4) is 0 Å². The Labute approximate surface area is 214 Å². The Kier molecular flexibility index (Phi) is 11.2. The number of carbonyl (C=O) groups excluding carboxylic acids is 2. The molecular weight excluding hydrogens is 464 g/mol. The highest BCUT2D eigenvalue weighted by Gasteiger charge is 2.69. The Morgan fingerprint density at radius 3 is 2.14 bits per heavy atom. The second-order valence-corrected chi connectivity index (χ2v) is 10.0. The Morgan fingerprint density at radius 1 is 0.917 bits per heavy atom. The number of unbranched alkanes of at least 4 members (excludes halogenated alkanes) is 4. The van der Waals surface area contributed by atoms with Crippen molar-refractivity contribution >= 4 is 11.9 Å². The average Bonchev–Trinajstić information content (AvgIpc) is 3.32. The number of ether oxygens (including phenoxy) is 4. The molecule has 2 aliphatic heterocycles. The number of hydrogen-bond acceptors (Lipinski definition) is 8. The van der Waals surface area contributed by atoms with E-state index >= 15 is 0 Å². The Morgan fingerprint density at radius 2 is 1.53 bits per heavy atom. The van der Waals surface area contributed by atoms with Crippen molar-refractivity contribution in [1.29, 1.82) is 0 Å². The lowest BCUT2D eigenvalue weighted by Crippen LogP contribution is -2.58. The fourth-order valence-electron chi connectivity index (χ4n) is 5.26. The second kappa shape index (κ2) is 14.1. The van der Waals surface area contributed by atoms with E-state index in [1.165, 1.54) is 0 Å². The van der Waals surface area contributed by atoms with Crippen molar-refractivity contribution in [3.05, 3.63) is 35.9 Å². The first-order chi connectivity index (χ1) is 17.4. The van der Waals surface area contributed by atoms with Gasteiger partial charge in [-0.1, -0.05) is 69.9 Å². The van der Waals surface area contributed by atoms with E-state index in [2.05, 4.69) is 13.8 Å². The Balaban J connectivity index is 1.69. The first kappa shape index (κ1) is 28.6. The topological polar surface area (TPSA) is 112 Å². The molecule has 3 rings (SSSR count). The highest BCUT2D eigenvalue weighted by Crippen LogP contribution is 2.52. The summed E-state index contributed by atoms with van der Waals surface area (Å²) in [5, 5.41) is 21.7. The average molecular weight is 507 g/mol. The minimum atomic E-state index is -1.26. The first-order valence-electron chi connectivity index (χ1n) is 13.4. The monoisotopic (exact) mass is 506 g/mol. The molecule has 8 heteroatoms. The molecule has 1 aromatic rings. The Hall–Kier alpha value is -2.00. The lowest BCUT2D eigenvalue weighted by atomic mass is 9.69. The second-order valence-electron chi connectivity index (χ2n) is 10.0. The number of benzene rings is 1. The van der Waals surface area contributed by atoms with Crippen LogP contribution in [0.1, 0.15) is 70.8 Å². The maximum absolute atomic E-state index is 12.4. The number of esters is 2. The van der Waals surface area contributed by atoms with Gasteiger partial charge in [-0.25, -0.2) is 0 Å². The van der Waals surface area contributed by atoms with Crippen LogP contribution in [0.25, 0.3) is 0 Å². The molecule has 2 saturated heterocycles. The van der Waals surface area contributed by atoms with Crippen molar-refractivity contribution in [2.45, 2.75) is 95.7 Å². The molecule has 2 N–H and O–H groups in total. The minimum Gasteiger partial charge on any atom is -0.465 e.